The maximum Gasteiger partial charge on any atom is 0.308 e. The van der Waals surface area contributed by atoms with Crippen LogP contribution in [0.15, 0.2) is 29.3 Å². The van der Waals surface area contributed by atoms with Crippen LogP contribution in [0.25, 0.3) is 5.00 Å². The number of carbonyl (C=O) groups excluding carboxylic acids is 1. The zero-order valence-electron chi connectivity index (χ0n) is 16.9. The van der Waals surface area contributed by atoms with E-state index < -0.39 is 5.54 Å². The Labute approximate surface area is 178 Å². The molecule has 0 saturated carbocycles. The van der Waals surface area contributed by atoms with E-state index in [-0.39, 0.29) is 12.4 Å². The number of hydrogen-bond acceptors (Lipinski definition) is 6. The van der Waals surface area contributed by atoms with Crippen molar-refractivity contribution in [2.45, 2.75) is 39.7 Å². The maximum atomic E-state index is 12.3. The summed E-state index contributed by atoms with van der Waals surface area (Å²) in [5.74, 6) is 1.04. The third-order valence-corrected chi connectivity index (χ3v) is 6.75. The second-order valence-corrected chi connectivity index (χ2v) is 9.00. The molecule has 1 atom stereocenters. The number of ether oxygens (including phenoxy) is 1. The van der Waals surface area contributed by atoms with Crippen LogP contribution in [0.4, 0.5) is 0 Å². The Morgan fingerprint density at radius 3 is 2.55 bits per heavy atom. The fourth-order valence-corrected chi connectivity index (χ4v) is 4.97. The lowest BCUT2D eigenvalue weighted by Gasteiger charge is -2.23. The number of halogens is 1. The summed E-state index contributed by atoms with van der Waals surface area (Å²) in [6, 6.07) is 7.60. The van der Waals surface area contributed by atoms with Gasteiger partial charge in [-0.05, 0) is 45.4 Å². The molecule has 4 rings (SSSR count). The van der Waals surface area contributed by atoms with Gasteiger partial charge in [-0.15, -0.1) is 21.5 Å². The number of aromatic nitrogens is 3. The SMILES string of the molecule is COC(=O)CC1(C)N=C(c2ccc(Cl)cc2)c2c(sc(C)c2C)-n2c(C)nnc21. The summed E-state index contributed by atoms with van der Waals surface area (Å²) in [5.41, 5.74) is 3.01. The summed E-state index contributed by atoms with van der Waals surface area (Å²) in [4.78, 5) is 18.6. The third kappa shape index (κ3) is 3.18. The number of fused-ring (bicyclic) bond motifs is 3. The van der Waals surface area contributed by atoms with Gasteiger partial charge in [0.2, 0.25) is 0 Å². The van der Waals surface area contributed by atoms with Gasteiger partial charge in [-0.25, -0.2) is 0 Å². The van der Waals surface area contributed by atoms with Gasteiger partial charge in [0, 0.05) is 21.0 Å². The summed E-state index contributed by atoms with van der Waals surface area (Å²) in [6.07, 6.45) is 0.0612. The molecule has 1 unspecified atom stereocenters. The van der Waals surface area contributed by atoms with E-state index in [1.54, 1.807) is 11.3 Å². The minimum absolute atomic E-state index is 0.0612. The first-order valence-electron chi connectivity index (χ1n) is 9.21. The molecule has 0 N–H and O–H groups in total. The molecule has 2 aromatic heterocycles. The molecular weight excluding hydrogens is 408 g/mol. The number of hydrogen-bond donors (Lipinski definition) is 0. The van der Waals surface area contributed by atoms with Crippen LogP contribution in [-0.2, 0) is 15.1 Å². The normalized spacial score (nSPS) is 17.9. The zero-order chi connectivity index (χ0) is 20.9. The van der Waals surface area contributed by atoms with Gasteiger partial charge in [-0.3, -0.25) is 14.4 Å². The lowest BCUT2D eigenvalue weighted by atomic mass is 9.95. The molecule has 0 saturated heterocycles. The molecule has 8 heteroatoms. The van der Waals surface area contributed by atoms with Crippen molar-refractivity contribution in [2.75, 3.05) is 7.11 Å². The van der Waals surface area contributed by atoms with Gasteiger partial charge >= 0.3 is 5.97 Å². The molecule has 1 aromatic carbocycles. The molecule has 0 radical (unpaired) electrons. The second kappa shape index (κ2) is 7.07. The minimum atomic E-state index is -0.928. The molecule has 0 bridgehead atoms. The van der Waals surface area contributed by atoms with Crippen LogP contribution in [0.5, 0.6) is 0 Å². The summed E-state index contributed by atoms with van der Waals surface area (Å²) < 4.78 is 6.98. The highest BCUT2D eigenvalue weighted by atomic mass is 35.5. The highest BCUT2D eigenvalue weighted by Crippen LogP contribution is 2.42. The fourth-order valence-electron chi connectivity index (χ4n) is 3.64. The maximum absolute atomic E-state index is 12.3. The second-order valence-electron chi connectivity index (χ2n) is 7.36. The van der Waals surface area contributed by atoms with E-state index in [9.17, 15) is 4.79 Å². The Kier molecular flexibility index (Phi) is 4.83. The molecule has 1 aliphatic rings. The lowest BCUT2D eigenvalue weighted by Crippen LogP contribution is -2.28. The highest BCUT2D eigenvalue weighted by molar-refractivity contribution is 7.15. The third-order valence-electron chi connectivity index (χ3n) is 5.31. The number of aliphatic imine (C=N–C) groups is 1. The number of carbonyl (C=O) groups is 1. The summed E-state index contributed by atoms with van der Waals surface area (Å²) in [7, 11) is 1.38. The topological polar surface area (TPSA) is 69.4 Å². The van der Waals surface area contributed by atoms with Crippen LogP contribution in [0.3, 0.4) is 0 Å². The molecule has 0 spiro atoms. The van der Waals surface area contributed by atoms with Gasteiger partial charge in [0.1, 0.15) is 16.4 Å². The van der Waals surface area contributed by atoms with Crippen molar-refractivity contribution < 1.29 is 9.53 Å². The first-order valence-corrected chi connectivity index (χ1v) is 10.4. The largest absolute Gasteiger partial charge is 0.469 e. The molecule has 1 aliphatic heterocycles. The fraction of sp³-hybridized carbons (Fsp3) is 0.333. The van der Waals surface area contributed by atoms with E-state index in [2.05, 4.69) is 24.0 Å². The molecule has 29 heavy (non-hydrogen) atoms. The molecular formula is C21H21ClN4O2S. The number of benzene rings is 1. The van der Waals surface area contributed by atoms with Crippen LogP contribution in [0.2, 0.25) is 5.02 Å². The Morgan fingerprint density at radius 2 is 1.90 bits per heavy atom. The van der Waals surface area contributed by atoms with Crippen LogP contribution in [0, 0.1) is 20.8 Å². The first kappa shape index (κ1) is 19.8. The number of methoxy groups -OCH3 is 1. The van der Waals surface area contributed by atoms with Crippen molar-refractivity contribution >= 4 is 34.6 Å². The van der Waals surface area contributed by atoms with Crippen molar-refractivity contribution in [1.82, 2.24) is 14.8 Å². The van der Waals surface area contributed by atoms with Crippen molar-refractivity contribution in [2.24, 2.45) is 4.99 Å². The van der Waals surface area contributed by atoms with Gasteiger partial charge in [0.25, 0.3) is 0 Å². The zero-order valence-corrected chi connectivity index (χ0v) is 18.5. The molecule has 0 amide bonds. The van der Waals surface area contributed by atoms with E-state index in [1.165, 1.54) is 12.0 Å². The Hall–Kier alpha value is -2.51. The van der Waals surface area contributed by atoms with E-state index >= 15 is 0 Å². The number of nitrogens with zero attached hydrogens (tertiary/aromatic N) is 4. The Morgan fingerprint density at radius 1 is 1.21 bits per heavy atom. The van der Waals surface area contributed by atoms with Crippen molar-refractivity contribution in [3.63, 3.8) is 0 Å². The van der Waals surface area contributed by atoms with Crippen molar-refractivity contribution in [3.05, 3.63) is 62.5 Å². The predicted octanol–water partition coefficient (Wildman–Crippen LogP) is 4.54. The molecule has 3 aromatic rings. The standard InChI is InChI=1S/C21H21ClN4O2S/c1-11-12(2)29-19-17(11)18(14-6-8-15(22)9-7-14)23-21(4,10-16(27)28-5)20-25-24-13(3)26(19)20/h6-9H,10H2,1-5H3. The lowest BCUT2D eigenvalue weighted by molar-refractivity contribution is -0.142. The average molecular weight is 429 g/mol. The van der Waals surface area contributed by atoms with Crippen molar-refractivity contribution in [3.8, 4) is 5.00 Å². The Bertz CT molecular complexity index is 1150. The van der Waals surface area contributed by atoms with Gasteiger partial charge in [-0.1, -0.05) is 23.7 Å². The van der Waals surface area contributed by atoms with Gasteiger partial charge in [0.05, 0.1) is 19.2 Å². The van der Waals surface area contributed by atoms with Crippen LogP contribution < -0.4 is 0 Å². The van der Waals surface area contributed by atoms with Crippen LogP contribution in [0.1, 0.15) is 46.6 Å². The minimum Gasteiger partial charge on any atom is -0.469 e. The summed E-state index contributed by atoms with van der Waals surface area (Å²) in [6.45, 7) is 8.01. The number of esters is 1. The van der Waals surface area contributed by atoms with Crippen LogP contribution >= 0.6 is 22.9 Å². The first-order chi connectivity index (χ1) is 13.7. The van der Waals surface area contributed by atoms with Gasteiger partial charge in [0.15, 0.2) is 5.82 Å². The molecule has 0 aliphatic carbocycles. The van der Waals surface area contributed by atoms with Gasteiger partial charge in [-0.2, -0.15) is 0 Å². The summed E-state index contributed by atoms with van der Waals surface area (Å²) >= 11 is 7.80. The molecule has 150 valence electrons. The average Bonchev–Trinajstić information content (AvgIpc) is 3.17. The summed E-state index contributed by atoms with van der Waals surface area (Å²) in [5, 5.41) is 10.4. The molecule has 6 nitrogen and oxygen atoms in total. The number of rotatable bonds is 3. The number of aryl methyl sites for hydroxylation is 2. The monoisotopic (exact) mass is 428 g/mol. The van der Waals surface area contributed by atoms with Crippen molar-refractivity contribution in [1.29, 1.82) is 0 Å². The quantitative estimate of drug-likeness (QED) is 0.574. The molecule has 0 fully saturated rings. The number of thiophene rings is 1. The predicted molar refractivity (Wildman–Crippen MR) is 115 cm³/mol. The van der Waals surface area contributed by atoms with E-state index in [4.69, 9.17) is 21.3 Å². The van der Waals surface area contributed by atoms with E-state index in [0.717, 1.165) is 33.2 Å². The van der Waals surface area contributed by atoms with E-state index in [1.807, 2.05) is 42.7 Å². The van der Waals surface area contributed by atoms with E-state index in [0.29, 0.717) is 10.8 Å². The smallest absolute Gasteiger partial charge is 0.308 e. The van der Waals surface area contributed by atoms with Gasteiger partial charge < -0.3 is 4.74 Å². The molecule has 3 heterocycles. The Balaban J connectivity index is 2.07. The highest BCUT2D eigenvalue weighted by Gasteiger charge is 2.40. The van der Waals surface area contributed by atoms with Crippen LogP contribution in [-0.4, -0.2) is 33.6 Å².